The first-order valence-corrected chi connectivity index (χ1v) is 8.89. The maximum atomic E-state index is 13.9. The second-order valence-electron chi connectivity index (χ2n) is 6.97. The minimum atomic E-state index is -4.39. The van der Waals surface area contributed by atoms with Gasteiger partial charge in [0.2, 0.25) is 0 Å². The summed E-state index contributed by atoms with van der Waals surface area (Å²) in [5.74, 6) is -1.44. The van der Waals surface area contributed by atoms with Crippen LogP contribution in [0.15, 0.2) is 60.8 Å². The van der Waals surface area contributed by atoms with E-state index in [1.54, 1.807) is 36.4 Å². The normalized spacial score (nSPS) is 13.1. The zero-order valence-electron chi connectivity index (χ0n) is 15.2. The minimum Gasteiger partial charge on any atom is -0.382 e. The first-order chi connectivity index (χ1) is 13.3. The number of hydrogen-bond donors (Lipinski definition) is 1. The zero-order valence-corrected chi connectivity index (χ0v) is 15.2. The van der Waals surface area contributed by atoms with E-state index in [2.05, 4.69) is 9.97 Å². The first-order valence-electron chi connectivity index (χ1n) is 8.89. The van der Waals surface area contributed by atoms with E-state index in [1.807, 2.05) is 25.1 Å². The van der Waals surface area contributed by atoms with Crippen molar-refractivity contribution in [1.82, 2.24) is 9.97 Å². The van der Waals surface area contributed by atoms with E-state index in [-0.39, 0.29) is 17.8 Å². The van der Waals surface area contributed by atoms with Crippen molar-refractivity contribution in [3.8, 4) is 0 Å². The van der Waals surface area contributed by atoms with Crippen LogP contribution < -0.4 is 5.73 Å². The van der Waals surface area contributed by atoms with E-state index in [1.165, 1.54) is 6.20 Å². The quantitative estimate of drug-likeness (QED) is 0.473. The molecule has 0 fully saturated rings. The van der Waals surface area contributed by atoms with Gasteiger partial charge in [-0.15, -0.1) is 0 Å². The molecule has 0 aliphatic carbocycles. The van der Waals surface area contributed by atoms with Gasteiger partial charge in [0.1, 0.15) is 5.52 Å². The van der Waals surface area contributed by atoms with Crippen molar-refractivity contribution < 1.29 is 13.2 Å². The zero-order chi connectivity index (χ0) is 19.9. The Balaban J connectivity index is 1.89. The molecule has 0 bridgehead atoms. The summed E-state index contributed by atoms with van der Waals surface area (Å²) >= 11 is 0. The molecule has 4 aromatic rings. The van der Waals surface area contributed by atoms with Crippen LogP contribution in [0.3, 0.4) is 0 Å². The van der Waals surface area contributed by atoms with Crippen LogP contribution in [0.5, 0.6) is 0 Å². The van der Waals surface area contributed by atoms with Crippen molar-refractivity contribution in [2.45, 2.75) is 25.4 Å². The van der Waals surface area contributed by atoms with Crippen LogP contribution in [0.25, 0.3) is 21.8 Å². The van der Waals surface area contributed by atoms with Gasteiger partial charge in [0.25, 0.3) is 0 Å². The number of anilines is 1. The molecule has 0 aliphatic heterocycles. The number of nitrogen functional groups attached to an aromatic ring is 1. The van der Waals surface area contributed by atoms with E-state index >= 15 is 0 Å². The highest BCUT2D eigenvalue weighted by molar-refractivity contribution is 6.08. The Morgan fingerprint density at radius 1 is 1.00 bits per heavy atom. The third-order valence-corrected chi connectivity index (χ3v) is 4.92. The van der Waals surface area contributed by atoms with Gasteiger partial charge in [0.05, 0.1) is 11.4 Å². The van der Waals surface area contributed by atoms with Gasteiger partial charge in [-0.05, 0) is 42.2 Å². The number of nitrogens with two attached hydrogens (primary N) is 1. The third-order valence-electron chi connectivity index (χ3n) is 4.92. The lowest BCUT2D eigenvalue weighted by Crippen LogP contribution is -2.23. The summed E-state index contributed by atoms with van der Waals surface area (Å²) in [6, 6.07) is 15.8. The number of nitrogens with zero attached hydrogens (tertiary/aromatic N) is 2. The number of rotatable bonds is 3. The van der Waals surface area contributed by atoms with Crippen LogP contribution in [-0.2, 0) is 6.42 Å². The van der Waals surface area contributed by atoms with Crippen molar-refractivity contribution in [2.24, 2.45) is 0 Å². The Kier molecular flexibility index (Phi) is 4.41. The van der Waals surface area contributed by atoms with Gasteiger partial charge in [0, 0.05) is 17.0 Å². The van der Waals surface area contributed by atoms with Crippen LogP contribution in [0.1, 0.15) is 22.6 Å². The maximum Gasteiger partial charge on any atom is 0.396 e. The van der Waals surface area contributed by atoms with Crippen LogP contribution in [0, 0.1) is 6.92 Å². The molecule has 3 nitrogen and oxygen atoms in total. The number of hydrogen-bond acceptors (Lipinski definition) is 3. The van der Waals surface area contributed by atoms with Crippen molar-refractivity contribution in [3.63, 3.8) is 0 Å². The largest absolute Gasteiger partial charge is 0.396 e. The lowest BCUT2D eigenvalue weighted by atomic mass is 9.91. The molecular weight excluding hydrogens is 363 g/mol. The molecule has 0 spiro atoms. The molecule has 2 N–H and O–H groups in total. The highest BCUT2D eigenvalue weighted by Crippen LogP contribution is 2.39. The molecule has 28 heavy (non-hydrogen) atoms. The molecule has 2 heterocycles. The molecule has 142 valence electrons. The van der Waals surface area contributed by atoms with Gasteiger partial charge in [-0.2, -0.15) is 13.2 Å². The van der Waals surface area contributed by atoms with Crippen molar-refractivity contribution >= 4 is 27.6 Å². The van der Waals surface area contributed by atoms with Crippen molar-refractivity contribution in [1.29, 1.82) is 0 Å². The standard InChI is InChI=1S/C22H18F3N3/c1-13-7-8-16-17-11-15(12-27-20(17)21(26)28-19(16)9-13)18(22(23,24)25)10-14-5-3-2-4-6-14/h2-9,11-12,18H,10H2,1H3,(H2,26,28). The Labute approximate surface area is 160 Å². The Morgan fingerprint density at radius 3 is 2.46 bits per heavy atom. The fourth-order valence-electron chi connectivity index (χ4n) is 3.50. The van der Waals surface area contributed by atoms with E-state index in [0.717, 1.165) is 10.9 Å². The van der Waals surface area contributed by atoms with Gasteiger partial charge in [-0.25, -0.2) is 4.98 Å². The summed E-state index contributed by atoms with van der Waals surface area (Å²) in [4.78, 5) is 8.59. The monoisotopic (exact) mass is 381 g/mol. The summed E-state index contributed by atoms with van der Waals surface area (Å²) in [6.07, 6.45) is -3.27. The highest BCUT2D eigenvalue weighted by Gasteiger charge is 2.41. The number of aryl methyl sites for hydroxylation is 1. The smallest absolute Gasteiger partial charge is 0.382 e. The van der Waals surface area contributed by atoms with Crippen LogP contribution >= 0.6 is 0 Å². The molecule has 0 aliphatic rings. The molecule has 2 aromatic carbocycles. The number of alkyl halides is 3. The highest BCUT2D eigenvalue weighted by atomic mass is 19.4. The molecule has 0 amide bonds. The Hall–Kier alpha value is -3.15. The minimum absolute atomic E-state index is 0.122. The van der Waals surface area contributed by atoms with Crippen LogP contribution in [0.4, 0.5) is 19.0 Å². The average Bonchev–Trinajstić information content (AvgIpc) is 2.65. The topological polar surface area (TPSA) is 51.8 Å². The van der Waals surface area contributed by atoms with Gasteiger partial charge in [-0.1, -0.05) is 42.5 Å². The van der Waals surface area contributed by atoms with Gasteiger partial charge >= 0.3 is 6.18 Å². The molecule has 0 saturated carbocycles. The lowest BCUT2D eigenvalue weighted by molar-refractivity contribution is -0.150. The van der Waals surface area contributed by atoms with E-state index < -0.39 is 12.1 Å². The fraction of sp³-hybridized carbons (Fsp3) is 0.182. The van der Waals surface area contributed by atoms with Crippen molar-refractivity contribution in [3.05, 3.63) is 77.5 Å². The summed E-state index contributed by atoms with van der Waals surface area (Å²) in [7, 11) is 0. The molecule has 4 rings (SSSR count). The average molecular weight is 381 g/mol. The molecule has 2 aromatic heterocycles. The second kappa shape index (κ2) is 6.78. The molecular formula is C22H18F3N3. The number of aromatic nitrogens is 2. The summed E-state index contributed by atoms with van der Waals surface area (Å²) in [5.41, 5.74) is 8.82. The predicted molar refractivity (Wildman–Crippen MR) is 105 cm³/mol. The summed E-state index contributed by atoms with van der Waals surface area (Å²) in [6.45, 7) is 1.93. The lowest BCUT2D eigenvalue weighted by Gasteiger charge is -2.21. The number of halogens is 3. The van der Waals surface area contributed by atoms with Gasteiger partial charge in [0.15, 0.2) is 5.82 Å². The summed E-state index contributed by atoms with van der Waals surface area (Å²) in [5, 5.41) is 1.33. The van der Waals surface area contributed by atoms with Gasteiger partial charge in [-0.3, -0.25) is 4.98 Å². The Morgan fingerprint density at radius 2 is 1.75 bits per heavy atom. The summed E-state index contributed by atoms with van der Waals surface area (Å²) < 4.78 is 41.6. The molecule has 0 radical (unpaired) electrons. The molecule has 1 unspecified atom stereocenters. The Bertz CT molecular complexity index is 1150. The molecule has 6 heteroatoms. The number of benzene rings is 2. The fourth-order valence-corrected chi connectivity index (χ4v) is 3.50. The van der Waals surface area contributed by atoms with E-state index in [9.17, 15) is 13.2 Å². The second-order valence-corrected chi connectivity index (χ2v) is 6.97. The third kappa shape index (κ3) is 3.38. The predicted octanol–water partition coefficient (Wildman–Crippen LogP) is 5.56. The molecule has 1 atom stereocenters. The first kappa shape index (κ1) is 18.2. The SMILES string of the molecule is Cc1ccc2c(c1)nc(N)c1ncc(C(Cc3ccccc3)C(F)(F)F)cc12. The van der Waals surface area contributed by atoms with Gasteiger partial charge < -0.3 is 5.73 Å². The van der Waals surface area contributed by atoms with E-state index in [0.29, 0.717) is 22.0 Å². The van der Waals surface area contributed by atoms with E-state index in [4.69, 9.17) is 5.73 Å². The number of pyridine rings is 2. The number of fused-ring (bicyclic) bond motifs is 3. The molecule has 0 saturated heterocycles. The van der Waals surface area contributed by atoms with Crippen molar-refractivity contribution in [2.75, 3.05) is 5.73 Å². The maximum absolute atomic E-state index is 13.9. The van der Waals surface area contributed by atoms with Crippen LogP contribution in [0.2, 0.25) is 0 Å². The van der Waals surface area contributed by atoms with Crippen LogP contribution in [-0.4, -0.2) is 16.1 Å².